The van der Waals surface area contributed by atoms with Gasteiger partial charge in [0.1, 0.15) is 0 Å². The third kappa shape index (κ3) is 5.17. The van der Waals surface area contributed by atoms with Crippen molar-refractivity contribution in [2.45, 2.75) is 30.3 Å². The smallest absolute Gasteiger partial charge is 0.315 e. The molecule has 1 aliphatic rings. The van der Waals surface area contributed by atoms with Crippen LogP contribution in [0.2, 0.25) is 0 Å². The van der Waals surface area contributed by atoms with Gasteiger partial charge in [0.2, 0.25) is 16.0 Å². The average molecular weight is 404 g/mol. The van der Waals surface area contributed by atoms with Gasteiger partial charge in [0, 0.05) is 38.1 Å². The van der Waals surface area contributed by atoms with E-state index in [4.69, 9.17) is 0 Å². The summed E-state index contributed by atoms with van der Waals surface area (Å²) in [6.07, 6.45) is 5.22. The third-order valence-corrected chi connectivity index (χ3v) is 5.93. The maximum absolute atomic E-state index is 12.3. The summed E-state index contributed by atoms with van der Waals surface area (Å²) in [5.41, 5.74) is 0.703. The van der Waals surface area contributed by atoms with E-state index in [2.05, 4.69) is 30.2 Å². The van der Waals surface area contributed by atoms with Gasteiger partial charge in [0.25, 0.3) is 0 Å². The number of benzene rings is 1. The molecule has 1 unspecified atom stereocenters. The van der Waals surface area contributed by atoms with Crippen molar-refractivity contribution in [3.63, 3.8) is 0 Å². The first-order chi connectivity index (χ1) is 13.5. The molecular weight excluding hydrogens is 380 g/mol. The van der Waals surface area contributed by atoms with Gasteiger partial charge >= 0.3 is 6.03 Å². The number of nitrogens with zero attached hydrogens (tertiary/aromatic N) is 3. The lowest BCUT2D eigenvalue weighted by Gasteiger charge is -2.33. The van der Waals surface area contributed by atoms with Gasteiger partial charge in [-0.05, 0) is 43.7 Å². The van der Waals surface area contributed by atoms with Crippen molar-refractivity contribution in [2.75, 3.05) is 25.0 Å². The number of amides is 2. The Morgan fingerprint density at radius 1 is 1.25 bits per heavy atom. The Bertz CT molecular complexity index is 907. The minimum atomic E-state index is -3.51. The molecule has 2 amide bonds. The molecule has 1 aromatic carbocycles. The summed E-state index contributed by atoms with van der Waals surface area (Å²) in [7, 11) is -2.15. The monoisotopic (exact) mass is 404 g/mol. The van der Waals surface area contributed by atoms with Crippen molar-refractivity contribution < 1.29 is 13.2 Å². The summed E-state index contributed by atoms with van der Waals surface area (Å²) in [5.74, 6) is 0.664. The minimum Gasteiger partial charge on any atom is -0.339 e. The number of carbonyl (C=O) groups is 1. The molecule has 1 fully saturated rings. The molecule has 2 aromatic rings. The van der Waals surface area contributed by atoms with E-state index in [1.807, 2.05) is 0 Å². The molecule has 0 bridgehead atoms. The van der Waals surface area contributed by atoms with Gasteiger partial charge in [-0.25, -0.2) is 27.9 Å². The molecule has 0 saturated carbocycles. The first kappa shape index (κ1) is 20.0. The van der Waals surface area contributed by atoms with Crippen molar-refractivity contribution in [1.29, 1.82) is 0 Å². The maximum Gasteiger partial charge on any atom is 0.315 e. The highest BCUT2D eigenvalue weighted by Gasteiger charge is 2.22. The van der Waals surface area contributed by atoms with E-state index >= 15 is 0 Å². The lowest BCUT2D eigenvalue weighted by atomic mass is 10.1. The number of piperidine rings is 1. The number of aromatic nitrogens is 2. The molecule has 150 valence electrons. The fraction of sp³-hybridized carbons (Fsp3) is 0.389. The van der Waals surface area contributed by atoms with E-state index in [0.717, 1.165) is 19.4 Å². The number of anilines is 1. The molecule has 9 nitrogen and oxygen atoms in total. The Morgan fingerprint density at radius 3 is 2.79 bits per heavy atom. The lowest BCUT2D eigenvalue weighted by molar-refractivity contribution is 0.234. The van der Waals surface area contributed by atoms with Crippen LogP contribution in [-0.4, -0.2) is 50.6 Å². The Kier molecular flexibility index (Phi) is 6.42. The number of sulfonamides is 1. The van der Waals surface area contributed by atoms with E-state index in [9.17, 15) is 13.2 Å². The van der Waals surface area contributed by atoms with E-state index in [-0.39, 0.29) is 23.5 Å². The molecule has 0 aliphatic carbocycles. The summed E-state index contributed by atoms with van der Waals surface area (Å²) >= 11 is 0. The van der Waals surface area contributed by atoms with Crippen LogP contribution >= 0.6 is 0 Å². The normalized spacial score (nSPS) is 17.2. The van der Waals surface area contributed by atoms with Crippen LogP contribution in [0.1, 0.15) is 18.4 Å². The van der Waals surface area contributed by atoms with Crippen LogP contribution in [0.25, 0.3) is 0 Å². The predicted octanol–water partition coefficient (Wildman–Crippen LogP) is 0.853. The number of urea groups is 1. The second-order valence-corrected chi connectivity index (χ2v) is 8.40. The molecule has 3 N–H and O–H groups in total. The molecule has 0 radical (unpaired) electrons. The van der Waals surface area contributed by atoms with Crippen LogP contribution in [0, 0.1) is 0 Å². The van der Waals surface area contributed by atoms with Gasteiger partial charge in [0.15, 0.2) is 0 Å². The highest BCUT2D eigenvalue weighted by atomic mass is 32.2. The summed E-state index contributed by atoms with van der Waals surface area (Å²) in [5, 5.41) is 5.75. The molecule has 1 aliphatic heterocycles. The lowest BCUT2D eigenvalue weighted by Crippen LogP contribution is -2.50. The quantitative estimate of drug-likeness (QED) is 0.657. The van der Waals surface area contributed by atoms with Crippen LogP contribution in [0.4, 0.5) is 10.7 Å². The molecule has 28 heavy (non-hydrogen) atoms. The van der Waals surface area contributed by atoms with Crippen molar-refractivity contribution in [3.8, 4) is 0 Å². The van der Waals surface area contributed by atoms with Gasteiger partial charge < -0.3 is 15.5 Å². The molecular formula is C18H24N6O3S. The number of rotatable bonds is 6. The van der Waals surface area contributed by atoms with Crippen LogP contribution < -0.4 is 20.3 Å². The molecule has 1 aromatic heterocycles. The Hall–Kier alpha value is -2.72. The van der Waals surface area contributed by atoms with Crippen LogP contribution in [0.15, 0.2) is 47.6 Å². The van der Waals surface area contributed by atoms with Crippen molar-refractivity contribution >= 4 is 22.0 Å². The molecule has 3 rings (SSSR count). The van der Waals surface area contributed by atoms with E-state index < -0.39 is 10.0 Å². The zero-order valence-electron chi connectivity index (χ0n) is 15.6. The Labute approximate surface area is 164 Å². The van der Waals surface area contributed by atoms with E-state index in [1.165, 1.54) is 13.1 Å². The fourth-order valence-electron chi connectivity index (χ4n) is 3.09. The molecule has 0 spiro atoms. The summed E-state index contributed by atoms with van der Waals surface area (Å²) < 4.78 is 26.0. The van der Waals surface area contributed by atoms with Crippen molar-refractivity contribution in [3.05, 3.63) is 48.3 Å². The molecule has 10 heteroatoms. The first-order valence-corrected chi connectivity index (χ1v) is 10.5. The van der Waals surface area contributed by atoms with Gasteiger partial charge in [-0.15, -0.1) is 0 Å². The molecule has 1 atom stereocenters. The van der Waals surface area contributed by atoms with Crippen molar-refractivity contribution in [2.24, 2.45) is 0 Å². The summed E-state index contributed by atoms with van der Waals surface area (Å²) in [6.45, 7) is 1.74. The van der Waals surface area contributed by atoms with Gasteiger partial charge in [-0.3, -0.25) is 0 Å². The van der Waals surface area contributed by atoms with Crippen molar-refractivity contribution in [1.82, 2.24) is 25.3 Å². The van der Waals surface area contributed by atoms with Gasteiger partial charge in [-0.1, -0.05) is 12.1 Å². The number of nitrogens with one attached hydrogen (secondary N) is 3. The van der Waals surface area contributed by atoms with E-state index in [0.29, 0.717) is 18.1 Å². The standard InChI is InChI=1S/C18H24N6O3S/c1-19-28(26,27)16-7-2-5-14(11-16)12-22-18(25)23-15-6-3-10-24(13-15)17-20-8-4-9-21-17/h2,4-5,7-9,11,15,19H,3,6,10,12-13H2,1H3,(H2,22,23,25). The zero-order chi connectivity index (χ0) is 20.0. The summed E-state index contributed by atoms with van der Waals surface area (Å²) in [6, 6.07) is 7.95. The average Bonchev–Trinajstić information content (AvgIpc) is 2.73. The maximum atomic E-state index is 12.3. The molecule has 1 saturated heterocycles. The second-order valence-electron chi connectivity index (χ2n) is 6.52. The summed E-state index contributed by atoms with van der Waals surface area (Å²) in [4.78, 5) is 23.0. The zero-order valence-corrected chi connectivity index (χ0v) is 16.4. The number of hydrogen-bond acceptors (Lipinski definition) is 6. The fourth-order valence-corrected chi connectivity index (χ4v) is 3.89. The highest BCUT2D eigenvalue weighted by molar-refractivity contribution is 7.89. The topological polar surface area (TPSA) is 116 Å². The number of carbonyl (C=O) groups excluding carboxylic acids is 1. The van der Waals surface area contributed by atoms with Gasteiger partial charge in [-0.2, -0.15) is 0 Å². The largest absolute Gasteiger partial charge is 0.339 e. The van der Waals surface area contributed by atoms with Crippen LogP contribution in [0.3, 0.4) is 0 Å². The Balaban J connectivity index is 1.53. The van der Waals surface area contributed by atoms with Gasteiger partial charge in [0.05, 0.1) is 4.90 Å². The Morgan fingerprint density at radius 2 is 2.04 bits per heavy atom. The second kappa shape index (κ2) is 8.98. The number of hydrogen-bond donors (Lipinski definition) is 3. The van der Waals surface area contributed by atoms with E-state index in [1.54, 1.807) is 36.7 Å². The van der Waals surface area contributed by atoms with Crippen LogP contribution in [-0.2, 0) is 16.6 Å². The predicted molar refractivity (Wildman–Crippen MR) is 105 cm³/mol. The first-order valence-electron chi connectivity index (χ1n) is 9.07. The minimum absolute atomic E-state index is 0.00596. The third-order valence-electron chi connectivity index (χ3n) is 4.52. The molecule has 2 heterocycles. The van der Waals surface area contributed by atoms with Crippen LogP contribution in [0.5, 0.6) is 0 Å². The highest BCUT2D eigenvalue weighted by Crippen LogP contribution is 2.15. The SMILES string of the molecule is CNS(=O)(=O)c1cccc(CNC(=O)NC2CCCN(c3ncccn3)C2)c1.